The number of rotatable bonds is 10. The first-order valence-corrected chi connectivity index (χ1v) is 7.51. The summed E-state index contributed by atoms with van der Waals surface area (Å²) in [4.78, 5) is 0. The van der Waals surface area contributed by atoms with E-state index in [0.29, 0.717) is 0 Å². The van der Waals surface area contributed by atoms with Gasteiger partial charge in [-0.05, 0) is 18.9 Å². The molecule has 3 N–H and O–H groups in total. The van der Waals surface area contributed by atoms with Crippen LogP contribution in [0.3, 0.4) is 0 Å². The Labute approximate surface area is 117 Å². The minimum absolute atomic E-state index is 0.185. The van der Waals surface area contributed by atoms with Crippen molar-refractivity contribution in [2.24, 2.45) is 5.84 Å². The molecule has 1 aromatic rings. The zero-order valence-electron chi connectivity index (χ0n) is 12.3. The van der Waals surface area contributed by atoms with E-state index in [4.69, 9.17) is 10.6 Å². The first-order valence-electron chi connectivity index (χ1n) is 7.51. The maximum atomic E-state index is 5.80. The van der Waals surface area contributed by atoms with Gasteiger partial charge in [-0.2, -0.15) is 0 Å². The van der Waals surface area contributed by atoms with Crippen LogP contribution in [0.5, 0.6) is 5.75 Å². The van der Waals surface area contributed by atoms with Crippen LogP contribution in [0.4, 0.5) is 0 Å². The third-order valence-electron chi connectivity index (χ3n) is 3.30. The molecule has 0 aliphatic rings. The number of unbranched alkanes of at least 4 members (excludes halogenated alkanes) is 3. The van der Waals surface area contributed by atoms with Crippen molar-refractivity contribution >= 4 is 0 Å². The van der Waals surface area contributed by atoms with Gasteiger partial charge in [0.15, 0.2) is 0 Å². The maximum Gasteiger partial charge on any atom is 0.124 e. The average molecular weight is 264 g/mol. The molecule has 0 aliphatic heterocycles. The van der Waals surface area contributed by atoms with Crippen LogP contribution >= 0.6 is 0 Å². The minimum Gasteiger partial charge on any atom is -0.493 e. The predicted molar refractivity (Wildman–Crippen MR) is 81.1 cm³/mol. The first kappa shape index (κ1) is 16.0. The number of hydrogen-bond donors (Lipinski definition) is 2. The summed E-state index contributed by atoms with van der Waals surface area (Å²) in [6, 6.07) is 8.38. The van der Waals surface area contributed by atoms with Gasteiger partial charge < -0.3 is 4.74 Å². The minimum atomic E-state index is 0.185. The second-order valence-electron chi connectivity index (χ2n) is 4.95. The molecule has 0 spiro atoms. The molecular weight excluding hydrogens is 236 g/mol. The zero-order chi connectivity index (χ0) is 13.9. The largest absolute Gasteiger partial charge is 0.493 e. The van der Waals surface area contributed by atoms with Crippen molar-refractivity contribution in [1.29, 1.82) is 0 Å². The predicted octanol–water partition coefficient (Wildman–Crippen LogP) is 3.95. The summed E-state index contributed by atoms with van der Waals surface area (Å²) in [7, 11) is 0. The lowest BCUT2D eigenvalue weighted by molar-refractivity contribution is 0.308. The quantitative estimate of drug-likeness (QED) is 0.382. The van der Waals surface area contributed by atoms with E-state index in [-0.39, 0.29) is 6.04 Å². The highest BCUT2D eigenvalue weighted by Crippen LogP contribution is 2.28. The number of ether oxygens (including phenoxy) is 1. The van der Waals surface area contributed by atoms with Crippen LogP contribution < -0.4 is 16.0 Å². The molecule has 0 bridgehead atoms. The fourth-order valence-electron chi connectivity index (χ4n) is 2.22. The van der Waals surface area contributed by atoms with Crippen molar-refractivity contribution in [2.75, 3.05) is 6.61 Å². The molecule has 0 radical (unpaired) electrons. The van der Waals surface area contributed by atoms with Gasteiger partial charge in [0.2, 0.25) is 0 Å². The molecule has 1 rings (SSSR count). The normalized spacial score (nSPS) is 12.4. The second kappa shape index (κ2) is 9.82. The summed E-state index contributed by atoms with van der Waals surface area (Å²) in [6.07, 6.45) is 7.11. The molecule has 108 valence electrons. The maximum absolute atomic E-state index is 5.80. The SMILES string of the molecule is CCCCCCC(NN)c1ccccc1OCCC. The van der Waals surface area contributed by atoms with Crippen molar-refractivity contribution in [2.45, 2.75) is 58.4 Å². The Morgan fingerprint density at radius 1 is 1.11 bits per heavy atom. The first-order chi connectivity index (χ1) is 9.33. The monoisotopic (exact) mass is 264 g/mol. The number of benzene rings is 1. The van der Waals surface area contributed by atoms with Crippen LogP contribution in [0, 0.1) is 0 Å². The van der Waals surface area contributed by atoms with Crippen LogP contribution in [0.25, 0.3) is 0 Å². The second-order valence-corrected chi connectivity index (χ2v) is 4.95. The highest BCUT2D eigenvalue weighted by atomic mass is 16.5. The molecule has 1 atom stereocenters. The van der Waals surface area contributed by atoms with Gasteiger partial charge >= 0.3 is 0 Å². The molecule has 1 unspecified atom stereocenters. The summed E-state index contributed by atoms with van der Waals surface area (Å²) in [5.74, 6) is 6.67. The topological polar surface area (TPSA) is 47.3 Å². The molecule has 0 amide bonds. The van der Waals surface area contributed by atoms with Crippen molar-refractivity contribution in [3.63, 3.8) is 0 Å². The van der Waals surface area contributed by atoms with Crippen LogP contribution in [0.2, 0.25) is 0 Å². The molecule has 19 heavy (non-hydrogen) atoms. The van der Waals surface area contributed by atoms with Crippen LogP contribution in [0.15, 0.2) is 24.3 Å². The lowest BCUT2D eigenvalue weighted by Gasteiger charge is -2.19. The molecule has 0 heterocycles. The Kier molecular flexibility index (Phi) is 8.26. The molecule has 0 aliphatic carbocycles. The van der Waals surface area contributed by atoms with E-state index in [2.05, 4.69) is 25.3 Å². The fraction of sp³-hybridized carbons (Fsp3) is 0.625. The molecule has 0 saturated carbocycles. The van der Waals surface area contributed by atoms with Gasteiger partial charge in [-0.1, -0.05) is 57.7 Å². The highest BCUT2D eigenvalue weighted by molar-refractivity contribution is 5.35. The summed E-state index contributed by atoms with van der Waals surface area (Å²) >= 11 is 0. The highest BCUT2D eigenvalue weighted by Gasteiger charge is 2.14. The number of hydrazine groups is 1. The summed E-state index contributed by atoms with van der Waals surface area (Å²) < 4.78 is 5.80. The smallest absolute Gasteiger partial charge is 0.124 e. The molecule has 0 saturated heterocycles. The van der Waals surface area contributed by atoms with Crippen molar-refractivity contribution in [1.82, 2.24) is 5.43 Å². The van der Waals surface area contributed by atoms with Crippen molar-refractivity contribution in [3.8, 4) is 5.75 Å². The fourth-order valence-corrected chi connectivity index (χ4v) is 2.22. The van der Waals surface area contributed by atoms with Crippen molar-refractivity contribution in [3.05, 3.63) is 29.8 Å². The molecular formula is C16H28N2O. The van der Waals surface area contributed by atoms with Crippen LogP contribution in [-0.4, -0.2) is 6.61 Å². The van der Waals surface area contributed by atoms with Gasteiger partial charge in [0.25, 0.3) is 0 Å². The van der Waals surface area contributed by atoms with Gasteiger partial charge in [-0.25, -0.2) is 0 Å². The summed E-state index contributed by atoms with van der Waals surface area (Å²) in [6.45, 7) is 5.10. The van der Waals surface area contributed by atoms with Gasteiger partial charge in [0, 0.05) is 11.6 Å². The molecule has 3 nitrogen and oxygen atoms in total. The zero-order valence-corrected chi connectivity index (χ0v) is 12.3. The van der Waals surface area contributed by atoms with E-state index in [1.807, 2.05) is 18.2 Å². The molecule has 3 heteroatoms. The summed E-state index contributed by atoms with van der Waals surface area (Å²) in [5.41, 5.74) is 4.11. The van der Waals surface area contributed by atoms with Gasteiger partial charge in [-0.15, -0.1) is 0 Å². The van der Waals surface area contributed by atoms with E-state index in [1.54, 1.807) is 0 Å². The van der Waals surface area contributed by atoms with Gasteiger partial charge in [-0.3, -0.25) is 11.3 Å². The Morgan fingerprint density at radius 2 is 1.89 bits per heavy atom. The summed E-state index contributed by atoms with van der Waals surface area (Å²) in [5, 5.41) is 0. The third-order valence-corrected chi connectivity index (χ3v) is 3.30. The molecule has 0 fully saturated rings. The lowest BCUT2D eigenvalue weighted by Crippen LogP contribution is -2.28. The molecule has 0 aromatic heterocycles. The third kappa shape index (κ3) is 5.62. The van der Waals surface area contributed by atoms with E-state index in [0.717, 1.165) is 25.2 Å². The van der Waals surface area contributed by atoms with Gasteiger partial charge in [0.05, 0.1) is 6.61 Å². The van der Waals surface area contributed by atoms with E-state index < -0.39 is 0 Å². The van der Waals surface area contributed by atoms with E-state index in [1.165, 1.54) is 31.2 Å². The Balaban J connectivity index is 2.62. The van der Waals surface area contributed by atoms with Crippen molar-refractivity contribution < 1.29 is 4.74 Å². The van der Waals surface area contributed by atoms with Gasteiger partial charge in [0.1, 0.15) is 5.75 Å². The number of para-hydroxylation sites is 1. The Bertz CT molecular complexity index is 341. The Morgan fingerprint density at radius 3 is 2.58 bits per heavy atom. The standard InChI is InChI=1S/C16H28N2O/c1-3-5-6-7-11-15(18-17)14-10-8-9-12-16(14)19-13-4-2/h8-10,12,15,18H,3-7,11,13,17H2,1-2H3. The number of hydrogen-bond acceptors (Lipinski definition) is 3. The van der Waals surface area contributed by atoms with Crippen LogP contribution in [-0.2, 0) is 0 Å². The van der Waals surface area contributed by atoms with E-state index in [9.17, 15) is 0 Å². The lowest BCUT2D eigenvalue weighted by atomic mass is 9.99. The number of nitrogens with two attached hydrogens (primary N) is 1. The number of nitrogens with one attached hydrogen (secondary N) is 1. The molecule has 1 aromatic carbocycles. The Hall–Kier alpha value is -1.06. The van der Waals surface area contributed by atoms with Crippen LogP contribution in [0.1, 0.15) is 64.0 Å². The van der Waals surface area contributed by atoms with E-state index >= 15 is 0 Å². The average Bonchev–Trinajstić information content (AvgIpc) is 2.46.